The molecule has 5 aromatic rings. The number of aromatic nitrogens is 4. The molecule has 6 rings (SSSR count). The molecule has 13 heteroatoms. The van der Waals surface area contributed by atoms with Gasteiger partial charge >= 0.3 is 6.36 Å². The van der Waals surface area contributed by atoms with Crippen molar-refractivity contribution in [2.75, 3.05) is 24.2 Å². The molecule has 1 saturated heterocycles. The quantitative estimate of drug-likeness (QED) is 0.235. The van der Waals surface area contributed by atoms with E-state index in [1.165, 1.54) is 30.5 Å². The van der Waals surface area contributed by atoms with Crippen LogP contribution >= 0.6 is 0 Å². The molecule has 3 heterocycles. The van der Waals surface area contributed by atoms with E-state index >= 15 is 0 Å². The summed E-state index contributed by atoms with van der Waals surface area (Å²) in [6.07, 6.45) is -2.26. The SMILES string of the molecule is CS(=O)(=O)C1CCN(c2cccc(Cn3nc(-c4nc(-c5ccc(OC(F)(F)F)cc5)no4)c4ccccc43)c2)CC1. The van der Waals surface area contributed by atoms with Crippen LogP contribution in [0.1, 0.15) is 18.4 Å². The second-order valence-corrected chi connectivity index (χ2v) is 12.5. The average Bonchev–Trinajstić information content (AvgIpc) is 3.58. The molecule has 0 amide bonds. The molecule has 0 saturated carbocycles. The second kappa shape index (κ2) is 10.8. The van der Waals surface area contributed by atoms with E-state index in [9.17, 15) is 21.6 Å². The largest absolute Gasteiger partial charge is 0.573 e. The van der Waals surface area contributed by atoms with Gasteiger partial charge in [0.2, 0.25) is 5.82 Å². The van der Waals surface area contributed by atoms with Gasteiger partial charge in [-0.15, -0.1) is 13.2 Å². The second-order valence-electron chi connectivity index (χ2n) is 10.2. The summed E-state index contributed by atoms with van der Waals surface area (Å²) < 4.78 is 72.6. The number of halogens is 3. The molecular weight excluding hydrogens is 571 g/mol. The van der Waals surface area contributed by atoms with Gasteiger partial charge in [0.1, 0.15) is 15.6 Å². The lowest BCUT2D eigenvalue weighted by atomic mass is 10.1. The summed E-state index contributed by atoms with van der Waals surface area (Å²) in [6.45, 7) is 1.82. The first kappa shape index (κ1) is 27.8. The molecule has 218 valence electrons. The van der Waals surface area contributed by atoms with E-state index in [0.29, 0.717) is 43.7 Å². The number of ether oxygens (including phenoxy) is 1. The van der Waals surface area contributed by atoms with Crippen LogP contribution in [0.15, 0.2) is 77.3 Å². The van der Waals surface area contributed by atoms with Crippen LogP contribution in [0.4, 0.5) is 18.9 Å². The summed E-state index contributed by atoms with van der Waals surface area (Å²) in [4.78, 5) is 6.67. The standard InChI is InChI=1S/C29H26F3N5O4S/c1-42(38,39)23-13-15-36(16-14-23)21-6-4-5-19(17-21)18-37-25-8-3-2-7-24(25)26(34-37)28-33-27(35-41-28)20-9-11-22(12-10-20)40-29(30,31)32/h2-12,17,23H,13-16,18H2,1H3. The van der Waals surface area contributed by atoms with Crippen molar-refractivity contribution >= 4 is 26.4 Å². The molecule has 2 aromatic heterocycles. The Morgan fingerprint density at radius 3 is 2.45 bits per heavy atom. The van der Waals surface area contributed by atoms with E-state index in [-0.39, 0.29) is 22.7 Å². The van der Waals surface area contributed by atoms with Crippen molar-refractivity contribution in [1.82, 2.24) is 19.9 Å². The zero-order chi connectivity index (χ0) is 29.5. The van der Waals surface area contributed by atoms with Crippen molar-refractivity contribution in [3.63, 3.8) is 0 Å². The summed E-state index contributed by atoms with van der Waals surface area (Å²) in [5.41, 5.74) is 3.86. The normalized spacial score (nSPS) is 14.9. The fourth-order valence-electron chi connectivity index (χ4n) is 5.22. The van der Waals surface area contributed by atoms with Crippen molar-refractivity contribution in [2.45, 2.75) is 31.0 Å². The van der Waals surface area contributed by atoms with Gasteiger partial charge in [0.05, 0.1) is 17.3 Å². The van der Waals surface area contributed by atoms with Crippen molar-refractivity contribution in [3.8, 4) is 28.7 Å². The van der Waals surface area contributed by atoms with E-state index in [0.717, 1.165) is 22.2 Å². The predicted octanol–water partition coefficient (Wildman–Crippen LogP) is 5.71. The molecule has 0 radical (unpaired) electrons. The van der Waals surface area contributed by atoms with E-state index < -0.39 is 16.2 Å². The van der Waals surface area contributed by atoms with E-state index in [4.69, 9.17) is 9.62 Å². The molecule has 1 aliphatic heterocycles. The van der Waals surface area contributed by atoms with Crippen LogP contribution in [0.3, 0.4) is 0 Å². The number of para-hydroxylation sites is 1. The number of alkyl halides is 3. The maximum atomic E-state index is 12.5. The lowest BCUT2D eigenvalue weighted by Gasteiger charge is -2.33. The first-order chi connectivity index (χ1) is 20.0. The number of benzene rings is 3. The lowest BCUT2D eigenvalue weighted by Crippen LogP contribution is -2.39. The third-order valence-corrected chi connectivity index (χ3v) is 8.97. The minimum absolute atomic E-state index is 0.179. The molecule has 42 heavy (non-hydrogen) atoms. The molecule has 0 bridgehead atoms. The highest BCUT2D eigenvalue weighted by Crippen LogP contribution is 2.31. The van der Waals surface area contributed by atoms with E-state index in [1.54, 1.807) is 0 Å². The van der Waals surface area contributed by atoms with Crippen LogP contribution in [0.25, 0.3) is 33.9 Å². The summed E-state index contributed by atoms with van der Waals surface area (Å²) in [7, 11) is -3.04. The predicted molar refractivity (Wildman–Crippen MR) is 151 cm³/mol. The van der Waals surface area contributed by atoms with Crippen molar-refractivity contribution in [3.05, 3.63) is 78.4 Å². The Morgan fingerprint density at radius 2 is 1.74 bits per heavy atom. The summed E-state index contributed by atoms with van der Waals surface area (Å²) >= 11 is 0. The number of anilines is 1. The Labute approximate surface area is 239 Å². The van der Waals surface area contributed by atoms with Crippen LogP contribution in [-0.4, -0.2) is 59.3 Å². The molecule has 9 nitrogen and oxygen atoms in total. The number of nitrogens with zero attached hydrogens (tertiary/aromatic N) is 5. The third kappa shape index (κ3) is 5.96. The Morgan fingerprint density at radius 1 is 1.00 bits per heavy atom. The molecule has 0 N–H and O–H groups in total. The molecular formula is C29H26F3N5O4S. The minimum atomic E-state index is -4.78. The maximum absolute atomic E-state index is 12.5. The fourth-order valence-corrected chi connectivity index (χ4v) is 6.28. The monoisotopic (exact) mass is 597 g/mol. The number of sulfone groups is 1. The van der Waals surface area contributed by atoms with Crippen molar-refractivity contribution in [2.24, 2.45) is 0 Å². The van der Waals surface area contributed by atoms with Crippen molar-refractivity contribution in [1.29, 1.82) is 0 Å². The molecule has 3 aromatic carbocycles. The first-order valence-corrected chi connectivity index (χ1v) is 15.2. The van der Waals surface area contributed by atoms with Crippen LogP contribution in [0.2, 0.25) is 0 Å². The highest BCUT2D eigenvalue weighted by molar-refractivity contribution is 7.91. The minimum Gasteiger partial charge on any atom is -0.406 e. The Kier molecular flexibility index (Phi) is 7.13. The number of fused-ring (bicyclic) bond motifs is 1. The first-order valence-electron chi connectivity index (χ1n) is 13.2. The van der Waals surface area contributed by atoms with Gasteiger partial charge in [-0.3, -0.25) is 4.68 Å². The number of hydrogen-bond acceptors (Lipinski definition) is 8. The third-order valence-electron chi connectivity index (χ3n) is 7.29. The van der Waals surface area contributed by atoms with Crippen LogP contribution in [0.5, 0.6) is 5.75 Å². The number of hydrogen-bond donors (Lipinski definition) is 0. The average molecular weight is 598 g/mol. The van der Waals surface area contributed by atoms with Gasteiger partial charge in [-0.2, -0.15) is 10.1 Å². The molecule has 0 atom stereocenters. The highest BCUT2D eigenvalue weighted by atomic mass is 32.2. The van der Waals surface area contributed by atoms with Gasteiger partial charge in [0.25, 0.3) is 5.89 Å². The molecule has 1 aliphatic rings. The van der Waals surface area contributed by atoms with Gasteiger partial charge in [-0.1, -0.05) is 35.5 Å². The number of piperidine rings is 1. The zero-order valence-corrected chi connectivity index (χ0v) is 23.3. The Bertz CT molecular complexity index is 1830. The smallest absolute Gasteiger partial charge is 0.406 e. The van der Waals surface area contributed by atoms with Crippen LogP contribution < -0.4 is 9.64 Å². The van der Waals surface area contributed by atoms with Crippen LogP contribution in [-0.2, 0) is 16.4 Å². The zero-order valence-electron chi connectivity index (χ0n) is 22.5. The van der Waals surface area contributed by atoms with Gasteiger partial charge in [0.15, 0.2) is 5.69 Å². The molecule has 0 aliphatic carbocycles. The van der Waals surface area contributed by atoms with E-state index in [1.807, 2.05) is 47.1 Å². The summed E-state index contributed by atoms with van der Waals surface area (Å²) in [5.74, 6) is 0.0368. The Balaban J connectivity index is 1.23. The summed E-state index contributed by atoms with van der Waals surface area (Å²) in [5, 5.41) is 9.31. The van der Waals surface area contributed by atoms with Gasteiger partial charge in [0, 0.05) is 36.0 Å². The van der Waals surface area contributed by atoms with Gasteiger partial charge in [-0.05, 0) is 60.9 Å². The lowest BCUT2D eigenvalue weighted by molar-refractivity contribution is -0.274. The fraction of sp³-hybridized carbons (Fsp3) is 0.276. The van der Waals surface area contributed by atoms with Crippen molar-refractivity contribution < 1.29 is 30.8 Å². The highest BCUT2D eigenvalue weighted by Gasteiger charge is 2.31. The van der Waals surface area contributed by atoms with Gasteiger partial charge < -0.3 is 14.2 Å². The number of rotatable bonds is 7. The van der Waals surface area contributed by atoms with E-state index in [2.05, 4.69) is 25.8 Å². The Hall–Kier alpha value is -4.39. The molecule has 1 fully saturated rings. The molecule has 0 unspecified atom stereocenters. The van der Waals surface area contributed by atoms with Crippen LogP contribution in [0, 0.1) is 0 Å². The molecule has 0 spiro atoms. The van der Waals surface area contributed by atoms with Gasteiger partial charge in [-0.25, -0.2) is 8.42 Å². The maximum Gasteiger partial charge on any atom is 0.573 e. The topological polar surface area (TPSA) is 103 Å². The summed E-state index contributed by atoms with van der Waals surface area (Å²) in [6, 6.07) is 21.0.